The zero-order chi connectivity index (χ0) is 20.7. The fraction of sp³-hybridized carbons (Fsp3) is 0.522. The van der Waals surface area contributed by atoms with Gasteiger partial charge in [-0.1, -0.05) is 30.3 Å². The molecule has 0 unspecified atom stereocenters. The number of fused-ring (bicyclic) bond motifs is 2. The molecular weight excluding hydrogens is 380 g/mol. The van der Waals surface area contributed by atoms with Crippen LogP contribution in [0, 0.1) is 0 Å². The summed E-state index contributed by atoms with van der Waals surface area (Å²) in [5.74, 6) is 0.800. The topological polar surface area (TPSA) is 78.5 Å². The number of likely N-dealkylation sites (N-methyl/N-ethyl adjacent to an activating group) is 1. The first-order valence-corrected chi connectivity index (χ1v) is 10.8. The van der Waals surface area contributed by atoms with E-state index >= 15 is 0 Å². The lowest BCUT2D eigenvalue weighted by Crippen LogP contribution is -2.55. The van der Waals surface area contributed by atoms with E-state index in [1.807, 2.05) is 42.3 Å². The van der Waals surface area contributed by atoms with E-state index in [4.69, 9.17) is 9.72 Å². The number of piperidine rings is 1. The third kappa shape index (κ3) is 3.26. The number of hydrogen-bond donors (Lipinski definition) is 1. The molecule has 5 rings (SSSR count). The van der Waals surface area contributed by atoms with Crippen molar-refractivity contribution >= 4 is 5.91 Å². The Morgan fingerprint density at radius 3 is 2.67 bits per heavy atom. The van der Waals surface area contributed by atoms with Gasteiger partial charge in [0.15, 0.2) is 0 Å². The molecule has 2 aliphatic heterocycles. The lowest BCUT2D eigenvalue weighted by molar-refractivity contribution is -0.143. The van der Waals surface area contributed by atoms with Crippen LogP contribution in [0.1, 0.15) is 30.5 Å². The molecule has 1 aromatic heterocycles. The van der Waals surface area contributed by atoms with Gasteiger partial charge in [0.1, 0.15) is 11.9 Å². The van der Waals surface area contributed by atoms with Crippen molar-refractivity contribution in [2.75, 3.05) is 39.9 Å². The Kier molecular flexibility index (Phi) is 4.95. The fourth-order valence-electron chi connectivity index (χ4n) is 5.18. The van der Waals surface area contributed by atoms with Gasteiger partial charge in [-0.15, -0.1) is 0 Å². The average Bonchev–Trinajstić information content (AvgIpc) is 3.13. The number of carbonyl (C=O) groups excluding carboxylic acids is 1. The Hall–Kier alpha value is -2.51. The predicted octanol–water partition coefficient (Wildman–Crippen LogP) is 1.57. The van der Waals surface area contributed by atoms with Crippen molar-refractivity contribution in [2.24, 2.45) is 0 Å². The molecule has 3 heterocycles. The SMILES string of the molecule is CN1CCOC[C@@H]1C(=O)N1CCC2(CCc3c2nc(-c2ccccc2)[nH]c3=O)CC1. The largest absolute Gasteiger partial charge is 0.378 e. The minimum Gasteiger partial charge on any atom is -0.378 e. The number of nitrogens with zero attached hydrogens (tertiary/aromatic N) is 3. The minimum absolute atomic E-state index is 0.0183. The monoisotopic (exact) mass is 408 g/mol. The number of rotatable bonds is 2. The van der Waals surface area contributed by atoms with E-state index in [1.54, 1.807) is 0 Å². The molecule has 158 valence electrons. The number of benzene rings is 1. The Morgan fingerprint density at radius 2 is 1.93 bits per heavy atom. The summed E-state index contributed by atoms with van der Waals surface area (Å²) >= 11 is 0. The van der Waals surface area contributed by atoms with Gasteiger partial charge in [-0.3, -0.25) is 14.5 Å². The van der Waals surface area contributed by atoms with Crippen LogP contribution in [0.4, 0.5) is 0 Å². The van der Waals surface area contributed by atoms with Crippen molar-refractivity contribution in [3.8, 4) is 11.4 Å². The fourth-order valence-corrected chi connectivity index (χ4v) is 5.18. The van der Waals surface area contributed by atoms with Crippen LogP contribution in [0.15, 0.2) is 35.1 Å². The molecule has 1 amide bonds. The smallest absolute Gasteiger partial charge is 0.254 e. The number of morpholine rings is 1. The van der Waals surface area contributed by atoms with E-state index in [2.05, 4.69) is 9.88 Å². The Labute approximate surface area is 176 Å². The van der Waals surface area contributed by atoms with Gasteiger partial charge in [-0.2, -0.15) is 0 Å². The van der Waals surface area contributed by atoms with Gasteiger partial charge in [-0.05, 0) is 32.7 Å². The molecule has 1 spiro atoms. The quantitative estimate of drug-likeness (QED) is 0.816. The van der Waals surface area contributed by atoms with E-state index in [0.29, 0.717) is 32.1 Å². The van der Waals surface area contributed by atoms with Gasteiger partial charge in [0, 0.05) is 36.2 Å². The molecular formula is C23H28N4O3. The highest BCUT2D eigenvalue weighted by molar-refractivity contribution is 5.82. The summed E-state index contributed by atoms with van der Waals surface area (Å²) in [6, 6.07) is 9.61. The van der Waals surface area contributed by atoms with Gasteiger partial charge in [0.05, 0.1) is 18.9 Å². The summed E-state index contributed by atoms with van der Waals surface area (Å²) in [5, 5.41) is 0. The lowest BCUT2D eigenvalue weighted by Gasteiger charge is -2.42. The number of aromatic amines is 1. The molecule has 1 aliphatic carbocycles. The highest BCUT2D eigenvalue weighted by Crippen LogP contribution is 2.44. The van der Waals surface area contributed by atoms with Crippen LogP contribution in [0.25, 0.3) is 11.4 Å². The van der Waals surface area contributed by atoms with E-state index < -0.39 is 0 Å². The van der Waals surface area contributed by atoms with Crippen LogP contribution < -0.4 is 5.56 Å². The van der Waals surface area contributed by atoms with E-state index in [1.165, 1.54) is 0 Å². The van der Waals surface area contributed by atoms with Crippen LogP contribution in [-0.4, -0.2) is 71.6 Å². The molecule has 30 heavy (non-hydrogen) atoms. The third-order valence-corrected chi connectivity index (χ3v) is 7.13. The van der Waals surface area contributed by atoms with Crippen LogP contribution in [0.3, 0.4) is 0 Å². The summed E-state index contributed by atoms with van der Waals surface area (Å²) in [6.07, 6.45) is 3.41. The molecule has 7 heteroatoms. The number of nitrogens with one attached hydrogen (secondary N) is 1. The second-order valence-electron chi connectivity index (χ2n) is 8.78. The summed E-state index contributed by atoms with van der Waals surface area (Å²) < 4.78 is 5.54. The molecule has 3 aliphatic rings. The molecule has 2 saturated heterocycles. The summed E-state index contributed by atoms with van der Waals surface area (Å²) in [7, 11) is 1.99. The maximum Gasteiger partial charge on any atom is 0.254 e. The second-order valence-corrected chi connectivity index (χ2v) is 8.78. The van der Waals surface area contributed by atoms with Crippen molar-refractivity contribution in [3.05, 3.63) is 51.9 Å². The summed E-state index contributed by atoms with van der Waals surface area (Å²) in [5.41, 5.74) is 2.59. The van der Waals surface area contributed by atoms with Gasteiger partial charge < -0.3 is 14.6 Å². The highest BCUT2D eigenvalue weighted by atomic mass is 16.5. The first-order valence-electron chi connectivity index (χ1n) is 10.8. The molecule has 2 fully saturated rings. The summed E-state index contributed by atoms with van der Waals surface area (Å²) in [6.45, 7) is 3.35. The van der Waals surface area contributed by atoms with Crippen LogP contribution >= 0.6 is 0 Å². The van der Waals surface area contributed by atoms with Gasteiger partial charge in [-0.25, -0.2) is 4.98 Å². The number of amides is 1. The van der Waals surface area contributed by atoms with Crippen molar-refractivity contribution in [1.29, 1.82) is 0 Å². The first kappa shape index (κ1) is 19.5. The van der Waals surface area contributed by atoms with Crippen LogP contribution in [0.2, 0.25) is 0 Å². The maximum absolute atomic E-state index is 13.0. The first-order chi connectivity index (χ1) is 14.6. The van der Waals surface area contributed by atoms with Gasteiger partial charge in [0.25, 0.3) is 5.56 Å². The Balaban J connectivity index is 1.38. The van der Waals surface area contributed by atoms with Crippen molar-refractivity contribution in [3.63, 3.8) is 0 Å². The normalized spacial score (nSPS) is 23.5. The second kappa shape index (κ2) is 7.63. The summed E-state index contributed by atoms with van der Waals surface area (Å²) in [4.78, 5) is 37.8. The number of likely N-dealkylation sites (tertiary alicyclic amines) is 1. The van der Waals surface area contributed by atoms with Crippen LogP contribution in [0.5, 0.6) is 0 Å². The highest BCUT2D eigenvalue weighted by Gasteiger charge is 2.45. The molecule has 7 nitrogen and oxygen atoms in total. The van der Waals surface area contributed by atoms with Gasteiger partial charge in [0.2, 0.25) is 5.91 Å². The molecule has 0 saturated carbocycles. The molecule has 1 aromatic carbocycles. The molecule has 0 radical (unpaired) electrons. The third-order valence-electron chi connectivity index (χ3n) is 7.13. The van der Waals surface area contributed by atoms with Crippen molar-refractivity contribution in [1.82, 2.24) is 19.8 Å². The molecule has 0 bridgehead atoms. The van der Waals surface area contributed by atoms with Gasteiger partial charge >= 0.3 is 0 Å². The van der Waals surface area contributed by atoms with E-state index in [-0.39, 0.29) is 22.9 Å². The standard InChI is InChI=1S/C23H28N4O3/c1-26-13-14-30-15-18(26)22(29)27-11-9-23(10-12-27)8-7-17-19(23)24-20(25-21(17)28)16-5-3-2-4-6-16/h2-6,18H,7-15H2,1H3,(H,24,25,28)/t18-/m1/s1. The Morgan fingerprint density at radius 1 is 1.17 bits per heavy atom. The minimum atomic E-state index is -0.186. The average molecular weight is 409 g/mol. The lowest BCUT2D eigenvalue weighted by atomic mass is 9.76. The van der Waals surface area contributed by atoms with E-state index in [0.717, 1.165) is 49.0 Å². The zero-order valence-electron chi connectivity index (χ0n) is 17.4. The maximum atomic E-state index is 13.0. The molecule has 2 aromatic rings. The molecule has 1 atom stereocenters. The van der Waals surface area contributed by atoms with Crippen molar-refractivity contribution in [2.45, 2.75) is 37.1 Å². The number of hydrogen-bond acceptors (Lipinski definition) is 5. The number of H-pyrrole nitrogens is 1. The predicted molar refractivity (Wildman–Crippen MR) is 113 cm³/mol. The zero-order valence-corrected chi connectivity index (χ0v) is 17.4. The van der Waals surface area contributed by atoms with E-state index in [9.17, 15) is 9.59 Å². The molecule has 1 N–H and O–H groups in total. The van der Waals surface area contributed by atoms with Crippen molar-refractivity contribution < 1.29 is 9.53 Å². The number of carbonyl (C=O) groups is 1. The number of aromatic nitrogens is 2. The number of ether oxygens (including phenoxy) is 1. The Bertz CT molecular complexity index is 995. The van der Waals surface area contributed by atoms with Crippen LogP contribution in [-0.2, 0) is 21.4 Å².